The van der Waals surface area contributed by atoms with Crippen LogP contribution in [0.15, 0.2) is 42.5 Å². The first-order valence-electron chi connectivity index (χ1n) is 8.96. The van der Waals surface area contributed by atoms with Crippen molar-refractivity contribution in [1.82, 2.24) is 9.88 Å². The Labute approximate surface area is 156 Å². The lowest BCUT2D eigenvalue weighted by atomic mass is 10.0. The number of aromatic nitrogens is 1. The first-order chi connectivity index (χ1) is 12.8. The predicted octanol–water partition coefficient (Wildman–Crippen LogP) is 3.55. The number of nitrogens with zero attached hydrogens (tertiary/aromatic N) is 3. The van der Waals surface area contributed by atoms with Gasteiger partial charge < -0.3 is 9.80 Å². The number of piperazine rings is 1. The Balaban J connectivity index is 1.79. The van der Waals surface area contributed by atoms with Crippen LogP contribution in [0.4, 0.5) is 19.0 Å². The minimum absolute atomic E-state index is 0.0126. The topological polar surface area (TPSA) is 36.4 Å². The van der Waals surface area contributed by atoms with Crippen LogP contribution in [-0.4, -0.2) is 42.0 Å². The van der Waals surface area contributed by atoms with Crippen LogP contribution in [0.25, 0.3) is 0 Å². The van der Waals surface area contributed by atoms with Crippen molar-refractivity contribution < 1.29 is 18.0 Å². The van der Waals surface area contributed by atoms with Crippen molar-refractivity contribution in [2.75, 3.05) is 31.1 Å². The van der Waals surface area contributed by atoms with Crippen LogP contribution >= 0.6 is 0 Å². The van der Waals surface area contributed by atoms with E-state index in [0.29, 0.717) is 38.4 Å². The Morgan fingerprint density at radius 1 is 1.00 bits per heavy atom. The summed E-state index contributed by atoms with van der Waals surface area (Å²) in [7, 11) is 0. The van der Waals surface area contributed by atoms with E-state index in [1.807, 2.05) is 35.2 Å². The summed E-state index contributed by atoms with van der Waals surface area (Å²) >= 11 is 0. The quantitative estimate of drug-likeness (QED) is 0.818. The van der Waals surface area contributed by atoms with Gasteiger partial charge in [-0.3, -0.25) is 4.79 Å². The number of halogens is 3. The fourth-order valence-corrected chi connectivity index (χ4v) is 3.27. The smallest absolute Gasteiger partial charge is 0.353 e. The summed E-state index contributed by atoms with van der Waals surface area (Å²) in [5.74, 6) is 0.549. The van der Waals surface area contributed by atoms with Gasteiger partial charge in [0.15, 0.2) is 0 Å². The molecule has 1 saturated heterocycles. The zero-order chi connectivity index (χ0) is 19.4. The third kappa shape index (κ3) is 4.78. The highest BCUT2D eigenvalue weighted by Gasteiger charge is 2.34. The Morgan fingerprint density at radius 3 is 2.26 bits per heavy atom. The minimum Gasteiger partial charge on any atom is -0.353 e. The van der Waals surface area contributed by atoms with Crippen molar-refractivity contribution in [2.45, 2.75) is 25.9 Å². The predicted molar refractivity (Wildman–Crippen MR) is 97.6 cm³/mol. The van der Waals surface area contributed by atoms with E-state index in [9.17, 15) is 18.0 Å². The Bertz CT molecular complexity index is 785. The van der Waals surface area contributed by atoms with Crippen molar-refractivity contribution >= 4 is 11.7 Å². The van der Waals surface area contributed by atoms with Gasteiger partial charge in [-0.25, -0.2) is 4.98 Å². The van der Waals surface area contributed by atoms with Gasteiger partial charge in [0, 0.05) is 33.1 Å². The number of hydrogen-bond donors (Lipinski definition) is 0. The molecule has 7 heteroatoms. The number of carbonyl (C=O) groups is 1. The minimum atomic E-state index is -4.43. The van der Waals surface area contributed by atoms with Crippen molar-refractivity contribution in [3.63, 3.8) is 0 Å². The molecule has 2 aromatic rings. The van der Waals surface area contributed by atoms with Crippen molar-refractivity contribution in [3.05, 3.63) is 59.3 Å². The summed E-state index contributed by atoms with van der Waals surface area (Å²) in [6.07, 6.45) is -3.70. The van der Waals surface area contributed by atoms with Crippen molar-refractivity contribution in [2.24, 2.45) is 0 Å². The number of alkyl halides is 3. The molecule has 0 unspecified atom stereocenters. The average molecular weight is 377 g/mol. The van der Waals surface area contributed by atoms with E-state index in [4.69, 9.17) is 0 Å². The third-order valence-electron chi connectivity index (χ3n) is 4.81. The molecular formula is C20H22F3N3O. The molecule has 2 heterocycles. The number of hydrogen-bond acceptors (Lipinski definition) is 3. The Kier molecular flexibility index (Phi) is 5.68. The molecule has 0 aliphatic carbocycles. The summed E-state index contributed by atoms with van der Waals surface area (Å²) in [4.78, 5) is 19.5. The van der Waals surface area contributed by atoms with E-state index in [2.05, 4.69) is 4.98 Å². The summed E-state index contributed by atoms with van der Waals surface area (Å²) in [5, 5.41) is 0. The number of aryl methyl sites for hydroxylation is 2. The molecule has 0 saturated carbocycles. The molecule has 0 radical (unpaired) electrons. The number of anilines is 1. The molecule has 4 nitrogen and oxygen atoms in total. The maximum absolute atomic E-state index is 13.4. The van der Waals surface area contributed by atoms with Gasteiger partial charge in [0.05, 0.1) is 11.3 Å². The largest absolute Gasteiger partial charge is 0.418 e. The highest BCUT2D eigenvalue weighted by Crippen LogP contribution is 2.33. The van der Waals surface area contributed by atoms with Crippen molar-refractivity contribution in [3.8, 4) is 0 Å². The first-order valence-corrected chi connectivity index (χ1v) is 8.96. The van der Waals surface area contributed by atoms with Gasteiger partial charge >= 0.3 is 6.18 Å². The average Bonchev–Trinajstić information content (AvgIpc) is 2.66. The lowest BCUT2D eigenvalue weighted by Crippen LogP contribution is -2.48. The van der Waals surface area contributed by atoms with Crippen LogP contribution in [0.5, 0.6) is 0 Å². The molecule has 0 N–H and O–H groups in total. The fourth-order valence-electron chi connectivity index (χ4n) is 3.27. The number of rotatable bonds is 4. The third-order valence-corrected chi connectivity index (χ3v) is 4.81. The summed E-state index contributed by atoms with van der Waals surface area (Å²) in [5.41, 5.74) is 0.371. The second-order valence-corrected chi connectivity index (χ2v) is 6.64. The van der Waals surface area contributed by atoms with Crippen LogP contribution in [0, 0.1) is 0 Å². The van der Waals surface area contributed by atoms with E-state index < -0.39 is 11.7 Å². The lowest BCUT2D eigenvalue weighted by Gasteiger charge is -2.35. The number of benzene rings is 1. The molecule has 0 bridgehead atoms. The number of carbonyl (C=O) groups excluding carboxylic acids is 1. The highest BCUT2D eigenvalue weighted by molar-refractivity contribution is 5.73. The normalized spacial score (nSPS) is 15.1. The number of pyridine rings is 1. The zero-order valence-electron chi connectivity index (χ0n) is 15.2. The molecular weight excluding hydrogens is 355 g/mol. The molecule has 27 heavy (non-hydrogen) atoms. The van der Waals surface area contributed by atoms with E-state index in [-0.39, 0.29) is 18.0 Å². The molecule has 1 aromatic carbocycles. The van der Waals surface area contributed by atoms with E-state index in [0.717, 1.165) is 11.6 Å². The van der Waals surface area contributed by atoms with Crippen molar-refractivity contribution in [1.29, 1.82) is 0 Å². The number of amides is 1. The maximum atomic E-state index is 13.4. The van der Waals surface area contributed by atoms with Crippen LogP contribution in [0.2, 0.25) is 0 Å². The molecule has 1 aliphatic rings. The van der Waals surface area contributed by atoms with Gasteiger partial charge in [0.1, 0.15) is 5.82 Å². The summed E-state index contributed by atoms with van der Waals surface area (Å²) in [6.45, 7) is 3.76. The van der Waals surface area contributed by atoms with E-state index in [1.165, 1.54) is 13.0 Å². The highest BCUT2D eigenvalue weighted by atomic mass is 19.4. The second-order valence-electron chi connectivity index (χ2n) is 6.64. The molecule has 144 valence electrons. The van der Waals surface area contributed by atoms with Crippen LogP contribution < -0.4 is 4.90 Å². The molecule has 1 fully saturated rings. The molecule has 1 aliphatic heterocycles. The molecule has 0 spiro atoms. The van der Waals surface area contributed by atoms with Gasteiger partial charge in [-0.2, -0.15) is 13.2 Å². The van der Waals surface area contributed by atoms with Gasteiger partial charge in [0.25, 0.3) is 0 Å². The molecule has 0 atom stereocenters. The summed E-state index contributed by atoms with van der Waals surface area (Å²) < 4.78 is 40.2. The molecule has 1 amide bonds. The maximum Gasteiger partial charge on any atom is 0.418 e. The lowest BCUT2D eigenvalue weighted by molar-refractivity contribution is -0.138. The summed E-state index contributed by atoms with van der Waals surface area (Å²) in [6, 6.07) is 12.0. The van der Waals surface area contributed by atoms with Gasteiger partial charge in [-0.05, 0) is 30.5 Å². The molecule has 3 rings (SSSR count). The monoisotopic (exact) mass is 377 g/mol. The van der Waals surface area contributed by atoms with Gasteiger partial charge in [0.2, 0.25) is 5.91 Å². The van der Waals surface area contributed by atoms with Crippen LogP contribution in [-0.2, 0) is 23.8 Å². The van der Waals surface area contributed by atoms with E-state index in [1.54, 1.807) is 4.90 Å². The Hall–Kier alpha value is -2.57. The second kappa shape index (κ2) is 7.98. The SMILES string of the molecule is CC(=O)N1CCN(c2ccc(C(F)(F)F)c(CCc3ccccc3)n2)CC1. The standard InChI is InChI=1S/C20H22F3N3O/c1-15(27)25-11-13-26(14-12-25)19-10-8-17(20(21,22)23)18(24-19)9-7-16-5-3-2-4-6-16/h2-6,8,10H,7,9,11-14H2,1H3. The zero-order valence-corrected chi connectivity index (χ0v) is 15.2. The molecule has 1 aromatic heterocycles. The Morgan fingerprint density at radius 2 is 1.67 bits per heavy atom. The van der Waals surface area contributed by atoms with Gasteiger partial charge in [-0.1, -0.05) is 30.3 Å². The van der Waals surface area contributed by atoms with Crippen LogP contribution in [0.1, 0.15) is 23.7 Å². The first kappa shape index (κ1) is 19.2. The van der Waals surface area contributed by atoms with Gasteiger partial charge in [-0.15, -0.1) is 0 Å². The van der Waals surface area contributed by atoms with E-state index >= 15 is 0 Å². The van der Waals surface area contributed by atoms with Crippen LogP contribution in [0.3, 0.4) is 0 Å². The fraction of sp³-hybridized carbons (Fsp3) is 0.400.